The van der Waals surface area contributed by atoms with Crippen molar-refractivity contribution < 1.29 is 0 Å². The third kappa shape index (κ3) is 1.54. The summed E-state index contributed by atoms with van der Waals surface area (Å²) in [6, 6.07) is 5.94. The van der Waals surface area contributed by atoms with Gasteiger partial charge in [-0.2, -0.15) is 0 Å². The highest BCUT2D eigenvalue weighted by Gasteiger charge is 2.06. The SMILES string of the molecule is Cc1cc2c(-n3ccnc3)ccc(N)c2cn1. The lowest BCUT2D eigenvalue weighted by Crippen LogP contribution is -1.96. The van der Waals surface area contributed by atoms with Gasteiger partial charge in [-0.15, -0.1) is 0 Å². The maximum absolute atomic E-state index is 5.96. The normalized spacial score (nSPS) is 10.9. The minimum Gasteiger partial charge on any atom is -0.398 e. The van der Waals surface area contributed by atoms with Crippen LogP contribution in [-0.2, 0) is 0 Å². The Balaban J connectivity index is 2.40. The Labute approximate surface area is 98.7 Å². The molecule has 2 aromatic heterocycles. The van der Waals surface area contributed by atoms with Crippen LogP contribution in [0, 0.1) is 6.92 Å². The number of nitrogens with zero attached hydrogens (tertiary/aromatic N) is 3. The summed E-state index contributed by atoms with van der Waals surface area (Å²) in [5.74, 6) is 0. The van der Waals surface area contributed by atoms with Gasteiger partial charge in [-0.05, 0) is 25.1 Å². The summed E-state index contributed by atoms with van der Waals surface area (Å²) in [7, 11) is 0. The summed E-state index contributed by atoms with van der Waals surface area (Å²) in [6.07, 6.45) is 7.28. The second-order valence-corrected chi connectivity index (χ2v) is 4.02. The zero-order valence-corrected chi connectivity index (χ0v) is 9.46. The maximum atomic E-state index is 5.96. The van der Waals surface area contributed by atoms with Crippen molar-refractivity contribution in [2.45, 2.75) is 6.92 Å². The highest BCUT2D eigenvalue weighted by Crippen LogP contribution is 2.27. The minimum absolute atomic E-state index is 0.747. The number of aryl methyl sites for hydroxylation is 1. The topological polar surface area (TPSA) is 56.7 Å². The van der Waals surface area contributed by atoms with E-state index < -0.39 is 0 Å². The number of nitrogens with two attached hydrogens (primary N) is 1. The molecule has 1 aromatic carbocycles. The lowest BCUT2D eigenvalue weighted by atomic mass is 10.1. The largest absolute Gasteiger partial charge is 0.398 e. The first-order valence-corrected chi connectivity index (χ1v) is 5.39. The van der Waals surface area contributed by atoms with E-state index in [9.17, 15) is 0 Å². The van der Waals surface area contributed by atoms with E-state index in [1.807, 2.05) is 42.1 Å². The Morgan fingerprint density at radius 2 is 2.12 bits per heavy atom. The smallest absolute Gasteiger partial charge is 0.0991 e. The summed E-state index contributed by atoms with van der Waals surface area (Å²) in [5.41, 5.74) is 8.75. The van der Waals surface area contributed by atoms with Crippen molar-refractivity contribution in [3.05, 3.63) is 48.8 Å². The summed E-state index contributed by atoms with van der Waals surface area (Å²) >= 11 is 0. The molecule has 0 spiro atoms. The minimum atomic E-state index is 0.747. The van der Waals surface area contributed by atoms with Crippen LogP contribution < -0.4 is 5.73 Å². The van der Waals surface area contributed by atoms with E-state index in [1.165, 1.54) is 0 Å². The highest BCUT2D eigenvalue weighted by molar-refractivity contribution is 5.98. The van der Waals surface area contributed by atoms with E-state index in [4.69, 9.17) is 5.73 Å². The highest BCUT2D eigenvalue weighted by atomic mass is 15.0. The average Bonchev–Trinajstić information content (AvgIpc) is 2.83. The van der Waals surface area contributed by atoms with Crippen molar-refractivity contribution >= 4 is 16.5 Å². The van der Waals surface area contributed by atoms with Crippen LogP contribution in [0.25, 0.3) is 16.5 Å². The van der Waals surface area contributed by atoms with E-state index in [1.54, 1.807) is 12.5 Å². The van der Waals surface area contributed by atoms with Crippen LogP contribution in [0.1, 0.15) is 5.69 Å². The molecule has 0 aliphatic heterocycles. The molecule has 0 amide bonds. The van der Waals surface area contributed by atoms with Gasteiger partial charge in [-0.25, -0.2) is 4.98 Å². The molecule has 4 nitrogen and oxygen atoms in total. The van der Waals surface area contributed by atoms with Crippen LogP contribution in [0.2, 0.25) is 0 Å². The number of anilines is 1. The zero-order chi connectivity index (χ0) is 11.8. The van der Waals surface area contributed by atoms with Crippen LogP contribution >= 0.6 is 0 Å². The predicted octanol–water partition coefficient (Wildman–Crippen LogP) is 2.31. The van der Waals surface area contributed by atoms with Gasteiger partial charge in [0.05, 0.1) is 12.0 Å². The number of fused-ring (bicyclic) bond motifs is 1. The molecular formula is C13H12N4. The number of hydrogen-bond donors (Lipinski definition) is 1. The average molecular weight is 224 g/mol. The lowest BCUT2D eigenvalue weighted by molar-refractivity contribution is 1.07. The van der Waals surface area contributed by atoms with Gasteiger partial charge in [0.15, 0.2) is 0 Å². The number of aromatic nitrogens is 3. The third-order valence-electron chi connectivity index (χ3n) is 2.83. The van der Waals surface area contributed by atoms with E-state index in [2.05, 4.69) is 9.97 Å². The fourth-order valence-corrected chi connectivity index (χ4v) is 1.98. The number of benzene rings is 1. The molecule has 0 fully saturated rings. The number of nitrogen functional groups attached to an aromatic ring is 1. The predicted molar refractivity (Wildman–Crippen MR) is 68.0 cm³/mol. The summed E-state index contributed by atoms with van der Waals surface area (Å²) < 4.78 is 1.97. The monoisotopic (exact) mass is 224 g/mol. The molecule has 0 unspecified atom stereocenters. The van der Waals surface area contributed by atoms with Crippen molar-refractivity contribution in [1.29, 1.82) is 0 Å². The fourth-order valence-electron chi connectivity index (χ4n) is 1.98. The number of rotatable bonds is 1. The Morgan fingerprint density at radius 1 is 1.24 bits per heavy atom. The standard InChI is InChI=1S/C13H12N4/c1-9-6-10-11(7-16-9)12(14)2-3-13(10)17-5-4-15-8-17/h2-8H,14H2,1H3. The Bertz CT molecular complexity index is 671. The molecule has 2 heterocycles. The third-order valence-corrected chi connectivity index (χ3v) is 2.83. The molecule has 4 heteroatoms. The molecule has 0 radical (unpaired) electrons. The number of pyridine rings is 1. The van der Waals surface area contributed by atoms with Gasteiger partial charge >= 0.3 is 0 Å². The molecule has 0 saturated carbocycles. The summed E-state index contributed by atoms with van der Waals surface area (Å²) in [4.78, 5) is 8.35. The maximum Gasteiger partial charge on any atom is 0.0991 e. The van der Waals surface area contributed by atoms with E-state index in [-0.39, 0.29) is 0 Å². The van der Waals surface area contributed by atoms with Gasteiger partial charge in [-0.3, -0.25) is 4.98 Å². The van der Waals surface area contributed by atoms with Gasteiger partial charge in [0.2, 0.25) is 0 Å². The van der Waals surface area contributed by atoms with Gasteiger partial charge in [0, 0.05) is 40.7 Å². The van der Waals surface area contributed by atoms with Crippen molar-refractivity contribution in [1.82, 2.24) is 14.5 Å². The first kappa shape index (κ1) is 9.84. The molecule has 0 aliphatic rings. The Morgan fingerprint density at radius 3 is 2.88 bits per heavy atom. The van der Waals surface area contributed by atoms with E-state index >= 15 is 0 Å². The number of hydrogen-bond acceptors (Lipinski definition) is 3. The van der Waals surface area contributed by atoms with Crippen molar-refractivity contribution in [3.8, 4) is 5.69 Å². The fraction of sp³-hybridized carbons (Fsp3) is 0.0769. The molecule has 0 saturated heterocycles. The first-order chi connectivity index (χ1) is 8.25. The molecule has 2 N–H and O–H groups in total. The van der Waals surface area contributed by atoms with Gasteiger partial charge in [0.25, 0.3) is 0 Å². The molecule has 0 atom stereocenters. The summed E-state index contributed by atoms with van der Waals surface area (Å²) in [5, 5.41) is 2.07. The van der Waals surface area contributed by atoms with Crippen LogP contribution in [0.15, 0.2) is 43.1 Å². The Kier molecular flexibility index (Phi) is 2.08. The van der Waals surface area contributed by atoms with E-state index in [0.29, 0.717) is 0 Å². The van der Waals surface area contributed by atoms with Crippen LogP contribution in [-0.4, -0.2) is 14.5 Å². The second kappa shape index (κ2) is 3.59. The molecule has 0 aliphatic carbocycles. The molecule has 3 rings (SSSR count). The molecule has 17 heavy (non-hydrogen) atoms. The van der Waals surface area contributed by atoms with Gasteiger partial charge < -0.3 is 10.3 Å². The van der Waals surface area contributed by atoms with Crippen LogP contribution in [0.4, 0.5) is 5.69 Å². The second-order valence-electron chi connectivity index (χ2n) is 4.02. The molecular weight excluding hydrogens is 212 g/mol. The Hall–Kier alpha value is -2.36. The van der Waals surface area contributed by atoms with Crippen LogP contribution in [0.3, 0.4) is 0 Å². The molecule has 0 bridgehead atoms. The van der Waals surface area contributed by atoms with Crippen molar-refractivity contribution in [2.75, 3.05) is 5.73 Å². The van der Waals surface area contributed by atoms with Gasteiger partial charge in [-0.1, -0.05) is 0 Å². The lowest BCUT2D eigenvalue weighted by Gasteiger charge is -2.09. The number of imidazole rings is 1. The summed E-state index contributed by atoms with van der Waals surface area (Å²) in [6.45, 7) is 1.97. The van der Waals surface area contributed by atoms with Crippen molar-refractivity contribution in [2.24, 2.45) is 0 Å². The van der Waals surface area contributed by atoms with Crippen molar-refractivity contribution in [3.63, 3.8) is 0 Å². The quantitative estimate of drug-likeness (QED) is 0.645. The zero-order valence-electron chi connectivity index (χ0n) is 9.46. The first-order valence-electron chi connectivity index (χ1n) is 5.39. The van der Waals surface area contributed by atoms with E-state index in [0.717, 1.165) is 27.8 Å². The molecule has 3 aromatic rings. The molecule has 84 valence electrons. The van der Waals surface area contributed by atoms with Gasteiger partial charge in [0.1, 0.15) is 0 Å². The van der Waals surface area contributed by atoms with Crippen LogP contribution in [0.5, 0.6) is 0 Å².